The molecular weight excluding hydrogens is 188 g/mol. The van der Waals surface area contributed by atoms with Crippen LogP contribution in [0.25, 0.3) is 0 Å². The number of ether oxygens (including phenoxy) is 2. The molecule has 1 atom stereocenters. The second-order valence-electron chi connectivity index (χ2n) is 2.80. The number of hydrogen-bond acceptors (Lipinski definition) is 5. The zero-order valence-corrected chi connectivity index (χ0v) is 8.26. The van der Waals surface area contributed by atoms with Crippen molar-refractivity contribution in [3.63, 3.8) is 0 Å². The molecule has 2 heterocycles. The highest BCUT2D eigenvalue weighted by Gasteiger charge is 2.18. The van der Waals surface area contributed by atoms with E-state index in [2.05, 4.69) is 10.3 Å². The Morgan fingerprint density at radius 3 is 3.31 bits per heavy atom. The molecule has 1 aromatic rings. The van der Waals surface area contributed by atoms with Crippen LogP contribution < -0.4 is 10.1 Å². The van der Waals surface area contributed by atoms with E-state index in [-0.39, 0.29) is 6.10 Å². The van der Waals surface area contributed by atoms with Gasteiger partial charge in [0.1, 0.15) is 6.10 Å². The van der Waals surface area contributed by atoms with Crippen LogP contribution in [0.3, 0.4) is 0 Å². The van der Waals surface area contributed by atoms with Gasteiger partial charge < -0.3 is 14.8 Å². The Hall–Kier alpha value is -0.650. The standard InChI is InChI=1S/C8H12N2O2S/c1-11-8-10-5-7(13-8)6-4-9-2-3-12-6/h5-6,9H,2-4H2,1H3. The number of aromatic nitrogens is 1. The van der Waals surface area contributed by atoms with E-state index in [0.29, 0.717) is 5.19 Å². The van der Waals surface area contributed by atoms with Crippen LogP contribution in [0.1, 0.15) is 11.0 Å². The molecule has 1 N–H and O–H groups in total. The monoisotopic (exact) mass is 200 g/mol. The van der Waals surface area contributed by atoms with E-state index in [4.69, 9.17) is 9.47 Å². The molecule has 1 fully saturated rings. The number of thiazole rings is 1. The first kappa shape index (κ1) is 8.93. The molecule has 0 aromatic carbocycles. The van der Waals surface area contributed by atoms with Crippen molar-refractivity contribution in [2.75, 3.05) is 26.8 Å². The fourth-order valence-electron chi connectivity index (χ4n) is 1.26. The smallest absolute Gasteiger partial charge is 0.273 e. The zero-order chi connectivity index (χ0) is 9.10. The van der Waals surface area contributed by atoms with Crippen LogP contribution in [0, 0.1) is 0 Å². The van der Waals surface area contributed by atoms with Gasteiger partial charge in [-0.25, -0.2) is 4.98 Å². The van der Waals surface area contributed by atoms with Crippen molar-refractivity contribution < 1.29 is 9.47 Å². The van der Waals surface area contributed by atoms with Gasteiger partial charge in [-0.1, -0.05) is 11.3 Å². The maximum atomic E-state index is 5.57. The zero-order valence-electron chi connectivity index (χ0n) is 7.45. The van der Waals surface area contributed by atoms with E-state index in [9.17, 15) is 0 Å². The maximum Gasteiger partial charge on any atom is 0.273 e. The lowest BCUT2D eigenvalue weighted by atomic mass is 10.3. The molecule has 1 aliphatic heterocycles. The normalized spacial score (nSPS) is 23.0. The molecule has 4 nitrogen and oxygen atoms in total. The summed E-state index contributed by atoms with van der Waals surface area (Å²) in [7, 11) is 1.63. The third-order valence-corrected chi connectivity index (χ3v) is 2.97. The summed E-state index contributed by atoms with van der Waals surface area (Å²) in [6.45, 7) is 2.57. The van der Waals surface area contributed by atoms with Crippen LogP contribution in [0.4, 0.5) is 0 Å². The van der Waals surface area contributed by atoms with Gasteiger partial charge >= 0.3 is 0 Å². The molecule has 0 saturated carbocycles. The number of rotatable bonds is 2. The number of nitrogens with zero attached hydrogens (tertiary/aromatic N) is 1. The number of methoxy groups -OCH3 is 1. The Morgan fingerprint density at radius 2 is 2.69 bits per heavy atom. The number of nitrogens with one attached hydrogen (secondary N) is 1. The van der Waals surface area contributed by atoms with Gasteiger partial charge in [-0.05, 0) is 0 Å². The predicted octanol–water partition coefficient (Wildman–Crippen LogP) is 0.813. The Balaban J connectivity index is 2.05. The SMILES string of the molecule is COc1ncc(C2CNCCO2)s1. The fourth-order valence-corrected chi connectivity index (χ4v) is 2.04. The van der Waals surface area contributed by atoms with E-state index >= 15 is 0 Å². The molecule has 0 amide bonds. The Kier molecular flexibility index (Phi) is 2.77. The number of hydrogen-bond donors (Lipinski definition) is 1. The molecule has 2 rings (SSSR count). The van der Waals surface area contributed by atoms with Crippen LogP contribution in [0.2, 0.25) is 0 Å². The molecule has 1 aliphatic rings. The summed E-state index contributed by atoms with van der Waals surface area (Å²) in [5.41, 5.74) is 0. The fraction of sp³-hybridized carbons (Fsp3) is 0.625. The van der Waals surface area contributed by atoms with E-state index in [1.165, 1.54) is 0 Å². The average molecular weight is 200 g/mol. The minimum atomic E-state index is 0.148. The molecule has 1 unspecified atom stereocenters. The van der Waals surface area contributed by atoms with Gasteiger partial charge in [0.25, 0.3) is 5.19 Å². The van der Waals surface area contributed by atoms with E-state index in [1.54, 1.807) is 18.4 Å². The maximum absolute atomic E-state index is 5.57. The first-order valence-corrected chi connectivity index (χ1v) is 5.04. The van der Waals surface area contributed by atoms with Gasteiger partial charge in [0.2, 0.25) is 0 Å². The largest absolute Gasteiger partial charge is 0.473 e. The van der Waals surface area contributed by atoms with Crippen molar-refractivity contribution in [2.45, 2.75) is 6.10 Å². The Morgan fingerprint density at radius 1 is 1.77 bits per heavy atom. The molecule has 0 spiro atoms. The molecule has 1 saturated heterocycles. The van der Waals surface area contributed by atoms with Crippen LogP contribution >= 0.6 is 11.3 Å². The highest BCUT2D eigenvalue weighted by molar-refractivity contribution is 7.13. The van der Waals surface area contributed by atoms with Crippen molar-refractivity contribution in [3.05, 3.63) is 11.1 Å². The highest BCUT2D eigenvalue weighted by atomic mass is 32.1. The molecule has 0 radical (unpaired) electrons. The lowest BCUT2D eigenvalue weighted by Gasteiger charge is -2.21. The highest BCUT2D eigenvalue weighted by Crippen LogP contribution is 2.28. The summed E-state index contributed by atoms with van der Waals surface area (Å²) in [6, 6.07) is 0. The van der Waals surface area contributed by atoms with Crippen molar-refractivity contribution >= 4 is 11.3 Å². The van der Waals surface area contributed by atoms with Crippen LogP contribution in [0.5, 0.6) is 5.19 Å². The minimum absolute atomic E-state index is 0.148. The predicted molar refractivity (Wildman–Crippen MR) is 50.2 cm³/mol. The van der Waals surface area contributed by atoms with Crippen molar-refractivity contribution in [2.24, 2.45) is 0 Å². The molecule has 0 bridgehead atoms. The van der Waals surface area contributed by atoms with Crippen molar-refractivity contribution in [1.82, 2.24) is 10.3 Å². The first-order valence-electron chi connectivity index (χ1n) is 4.22. The molecule has 0 aliphatic carbocycles. The lowest BCUT2D eigenvalue weighted by molar-refractivity contribution is 0.0298. The molecule has 1 aromatic heterocycles. The van der Waals surface area contributed by atoms with Gasteiger partial charge in [-0.3, -0.25) is 0 Å². The van der Waals surface area contributed by atoms with E-state index < -0.39 is 0 Å². The van der Waals surface area contributed by atoms with Crippen LogP contribution in [-0.2, 0) is 4.74 Å². The van der Waals surface area contributed by atoms with Gasteiger partial charge in [0, 0.05) is 19.3 Å². The van der Waals surface area contributed by atoms with Crippen molar-refractivity contribution in [3.8, 4) is 5.19 Å². The summed E-state index contributed by atoms with van der Waals surface area (Å²) in [6.07, 6.45) is 1.97. The summed E-state index contributed by atoms with van der Waals surface area (Å²) < 4.78 is 10.6. The van der Waals surface area contributed by atoms with E-state index in [1.807, 2.05) is 6.20 Å². The van der Waals surface area contributed by atoms with Gasteiger partial charge in [-0.15, -0.1) is 0 Å². The summed E-state index contributed by atoms with van der Waals surface area (Å²) in [5, 5.41) is 3.97. The summed E-state index contributed by atoms with van der Waals surface area (Å²) >= 11 is 1.54. The molecule has 72 valence electrons. The second kappa shape index (κ2) is 4.04. The minimum Gasteiger partial charge on any atom is -0.473 e. The first-order chi connectivity index (χ1) is 6.40. The van der Waals surface area contributed by atoms with Gasteiger partial charge in [0.15, 0.2) is 0 Å². The molecule has 13 heavy (non-hydrogen) atoms. The van der Waals surface area contributed by atoms with Gasteiger partial charge in [-0.2, -0.15) is 0 Å². The van der Waals surface area contributed by atoms with Crippen LogP contribution in [-0.4, -0.2) is 31.8 Å². The Labute approximate surface area is 80.9 Å². The molecule has 5 heteroatoms. The average Bonchev–Trinajstić information content (AvgIpc) is 2.67. The Bertz CT molecular complexity index is 271. The second-order valence-corrected chi connectivity index (χ2v) is 3.82. The third-order valence-electron chi connectivity index (χ3n) is 1.92. The van der Waals surface area contributed by atoms with Crippen molar-refractivity contribution in [1.29, 1.82) is 0 Å². The van der Waals surface area contributed by atoms with Gasteiger partial charge in [0.05, 0.1) is 18.6 Å². The van der Waals surface area contributed by atoms with E-state index in [0.717, 1.165) is 24.6 Å². The third kappa shape index (κ3) is 1.99. The topological polar surface area (TPSA) is 43.4 Å². The quantitative estimate of drug-likeness (QED) is 0.767. The summed E-state index contributed by atoms with van der Waals surface area (Å²) in [5.74, 6) is 0. The lowest BCUT2D eigenvalue weighted by Crippen LogP contribution is -2.32. The van der Waals surface area contributed by atoms with Crippen LogP contribution in [0.15, 0.2) is 6.20 Å². The summed E-state index contributed by atoms with van der Waals surface area (Å²) in [4.78, 5) is 5.23. The molecular formula is C8H12N2O2S. The number of morpholine rings is 1.